The molecule has 120 valence electrons. The van der Waals surface area contributed by atoms with Crippen molar-refractivity contribution in [3.63, 3.8) is 0 Å². The van der Waals surface area contributed by atoms with Crippen molar-refractivity contribution in [2.75, 3.05) is 18.9 Å². The smallest absolute Gasteiger partial charge is 0.321 e. The van der Waals surface area contributed by atoms with Crippen LogP contribution in [0.3, 0.4) is 0 Å². The van der Waals surface area contributed by atoms with E-state index in [0.29, 0.717) is 18.7 Å². The SMILES string of the molecule is CN(CCC#N)C(=O)Nc1ccc(-n2ncc3ccccc32)cc1. The summed E-state index contributed by atoms with van der Waals surface area (Å²) < 4.78 is 1.86. The van der Waals surface area contributed by atoms with Crippen LogP contribution in [0, 0.1) is 11.3 Å². The number of anilines is 1. The lowest BCUT2D eigenvalue weighted by molar-refractivity contribution is 0.223. The van der Waals surface area contributed by atoms with Gasteiger partial charge in [-0.25, -0.2) is 9.48 Å². The summed E-state index contributed by atoms with van der Waals surface area (Å²) in [5, 5.41) is 16.9. The number of hydrogen-bond donors (Lipinski definition) is 1. The molecule has 0 aliphatic carbocycles. The van der Waals surface area contributed by atoms with E-state index in [1.165, 1.54) is 4.90 Å². The van der Waals surface area contributed by atoms with Crippen molar-refractivity contribution in [2.24, 2.45) is 0 Å². The highest BCUT2D eigenvalue weighted by atomic mass is 16.2. The molecule has 0 atom stereocenters. The minimum Gasteiger partial charge on any atom is -0.327 e. The van der Waals surface area contributed by atoms with Crippen LogP contribution in [-0.4, -0.2) is 34.3 Å². The summed E-state index contributed by atoms with van der Waals surface area (Å²) in [5.74, 6) is 0. The lowest BCUT2D eigenvalue weighted by Gasteiger charge is -2.16. The van der Waals surface area contributed by atoms with Gasteiger partial charge in [0.25, 0.3) is 0 Å². The third-order valence-electron chi connectivity index (χ3n) is 3.75. The molecule has 0 spiro atoms. The standard InChI is InChI=1S/C18H17N5O/c1-22(12-4-11-19)18(24)21-15-7-9-16(10-8-15)23-17-6-3-2-5-14(17)13-20-23/h2-3,5-10,13H,4,12H2,1H3,(H,21,24). The molecule has 0 saturated heterocycles. The summed E-state index contributed by atoms with van der Waals surface area (Å²) in [5.41, 5.74) is 2.65. The number of urea groups is 1. The number of nitriles is 1. The second kappa shape index (κ2) is 6.84. The first-order chi connectivity index (χ1) is 11.7. The van der Waals surface area contributed by atoms with Gasteiger partial charge in [0.05, 0.1) is 29.9 Å². The highest BCUT2D eigenvalue weighted by molar-refractivity contribution is 5.89. The van der Waals surface area contributed by atoms with Crippen LogP contribution >= 0.6 is 0 Å². The Labute approximate surface area is 139 Å². The summed E-state index contributed by atoms with van der Waals surface area (Å²) >= 11 is 0. The number of nitrogens with one attached hydrogen (secondary N) is 1. The molecule has 0 bridgehead atoms. The summed E-state index contributed by atoms with van der Waals surface area (Å²) in [6.07, 6.45) is 2.14. The van der Waals surface area contributed by atoms with Crippen LogP contribution < -0.4 is 5.32 Å². The van der Waals surface area contributed by atoms with Crippen molar-refractivity contribution in [3.05, 3.63) is 54.7 Å². The van der Waals surface area contributed by atoms with Gasteiger partial charge in [-0.1, -0.05) is 18.2 Å². The molecule has 2 amide bonds. The minimum atomic E-state index is -0.234. The zero-order chi connectivity index (χ0) is 16.9. The maximum Gasteiger partial charge on any atom is 0.321 e. The van der Waals surface area contributed by atoms with Crippen molar-refractivity contribution >= 4 is 22.6 Å². The van der Waals surface area contributed by atoms with Crippen LogP contribution in [-0.2, 0) is 0 Å². The first-order valence-corrected chi connectivity index (χ1v) is 7.61. The number of fused-ring (bicyclic) bond motifs is 1. The fraction of sp³-hybridized carbons (Fsp3) is 0.167. The Morgan fingerprint density at radius 3 is 2.75 bits per heavy atom. The van der Waals surface area contributed by atoms with Gasteiger partial charge in [-0.15, -0.1) is 0 Å². The van der Waals surface area contributed by atoms with Gasteiger partial charge < -0.3 is 10.2 Å². The molecule has 0 unspecified atom stereocenters. The van der Waals surface area contributed by atoms with Crippen molar-refractivity contribution < 1.29 is 4.79 Å². The zero-order valence-electron chi connectivity index (χ0n) is 13.3. The lowest BCUT2D eigenvalue weighted by Crippen LogP contribution is -2.31. The van der Waals surface area contributed by atoms with E-state index in [9.17, 15) is 4.79 Å². The van der Waals surface area contributed by atoms with Crippen molar-refractivity contribution in [1.29, 1.82) is 5.26 Å². The average Bonchev–Trinajstić information content (AvgIpc) is 3.04. The molecule has 3 aromatic rings. The molecule has 1 aromatic heterocycles. The predicted molar refractivity (Wildman–Crippen MR) is 92.9 cm³/mol. The van der Waals surface area contributed by atoms with Gasteiger partial charge in [0.2, 0.25) is 0 Å². The van der Waals surface area contributed by atoms with E-state index in [2.05, 4.69) is 10.4 Å². The predicted octanol–water partition coefficient (Wildman–Crippen LogP) is 3.40. The molecule has 0 radical (unpaired) electrons. The molecule has 24 heavy (non-hydrogen) atoms. The summed E-state index contributed by atoms with van der Waals surface area (Å²) in [6.45, 7) is 0.402. The Bertz CT molecular complexity index is 892. The second-order valence-electron chi connectivity index (χ2n) is 5.42. The van der Waals surface area contributed by atoms with Gasteiger partial charge in [-0.05, 0) is 30.3 Å². The quantitative estimate of drug-likeness (QED) is 0.801. The molecule has 3 rings (SSSR count). The Hall–Kier alpha value is -3.33. The largest absolute Gasteiger partial charge is 0.327 e. The van der Waals surface area contributed by atoms with Gasteiger partial charge in [0.15, 0.2) is 0 Å². The molecule has 0 fully saturated rings. The number of aromatic nitrogens is 2. The average molecular weight is 319 g/mol. The number of para-hydroxylation sites is 1. The van der Waals surface area contributed by atoms with Gasteiger partial charge in [-0.2, -0.15) is 10.4 Å². The molecular formula is C18H17N5O. The second-order valence-corrected chi connectivity index (χ2v) is 5.42. The van der Waals surface area contributed by atoms with E-state index >= 15 is 0 Å². The van der Waals surface area contributed by atoms with Crippen LogP contribution in [0.2, 0.25) is 0 Å². The van der Waals surface area contributed by atoms with Crippen molar-refractivity contribution in [1.82, 2.24) is 14.7 Å². The van der Waals surface area contributed by atoms with Crippen LogP contribution in [0.25, 0.3) is 16.6 Å². The Balaban J connectivity index is 1.74. The van der Waals surface area contributed by atoms with Crippen LogP contribution in [0.1, 0.15) is 6.42 Å². The summed E-state index contributed by atoms with van der Waals surface area (Å²) in [7, 11) is 1.66. The molecule has 0 aliphatic rings. The zero-order valence-corrected chi connectivity index (χ0v) is 13.3. The van der Waals surface area contributed by atoms with E-state index in [0.717, 1.165) is 16.6 Å². The maximum absolute atomic E-state index is 12.0. The molecule has 6 heteroatoms. The third kappa shape index (κ3) is 3.20. The molecule has 1 heterocycles. The molecule has 1 N–H and O–H groups in total. The Morgan fingerprint density at radius 1 is 1.25 bits per heavy atom. The topological polar surface area (TPSA) is 74.0 Å². The molecule has 0 aliphatic heterocycles. The number of hydrogen-bond acceptors (Lipinski definition) is 3. The van der Waals surface area contributed by atoms with E-state index in [1.807, 2.05) is 65.5 Å². The molecule has 2 aromatic carbocycles. The minimum absolute atomic E-state index is 0.234. The Kier molecular flexibility index (Phi) is 4.43. The maximum atomic E-state index is 12.0. The van der Waals surface area contributed by atoms with Crippen molar-refractivity contribution in [3.8, 4) is 11.8 Å². The number of benzene rings is 2. The fourth-order valence-corrected chi connectivity index (χ4v) is 2.40. The first-order valence-electron chi connectivity index (χ1n) is 7.61. The summed E-state index contributed by atoms with van der Waals surface area (Å²) in [4.78, 5) is 13.5. The molecule has 0 saturated carbocycles. The van der Waals surface area contributed by atoms with Crippen LogP contribution in [0.5, 0.6) is 0 Å². The molecular weight excluding hydrogens is 302 g/mol. The van der Waals surface area contributed by atoms with Gasteiger partial charge >= 0.3 is 6.03 Å². The number of amides is 2. The number of nitrogens with zero attached hydrogens (tertiary/aromatic N) is 4. The summed E-state index contributed by atoms with van der Waals surface area (Å²) in [6, 6.07) is 17.3. The van der Waals surface area contributed by atoms with E-state index in [1.54, 1.807) is 7.05 Å². The third-order valence-corrected chi connectivity index (χ3v) is 3.75. The van der Waals surface area contributed by atoms with Gasteiger partial charge in [0, 0.05) is 24.7 Å². The fourth-order valence-electron chi connectivity index (χ4n) is 2.40. The Morgan fingerprint density at radius 2 is 2.00 bits per heavy atom. The van der Waals surface area contributed by atoms with Crippen LogP contribution in [0.15, 0.2) is 54.7 Å². The van der Waals surface area contributed by atoms with E-state index < -0.39 is 0 Å². The van der Waals surface area contributed by atoms with E-state index in [4.69, 9.17) is 5.26 Å². The highest BCUT2D eigenvalue weighted by Crippen LogP contribution is 2.19. The van der Waals surface area contributed by atoms with E-state index in [-0.39, 0.29) is 6.03 Å². The lowest BCUT2D eigenvalue weighted by atomic mass is 10.2. The van der Waals surface area contributed by atoms with Crippen molar-refractivity contribution in [2.45, 2.75) is 6.42 Å². The monoisotopic (exact) mass is 319 g/mol. The number of carbonyl (C=O) groups is 1. The molecule has 6 nitrogen and oxygen atoms in total. The number of rotatable bonds is 4. The highest BCUT2D eigenvalue weighted by Gasteiger charge is 2.09. The van der Waals surface area contributed by atoms with Gasteiger partial charge in [-0.3, -0.25) is 0 Å². The normalized spacial score (nSPS) is 10.3. The first kappa shape index (κ1) is 15.6. The van der Waals surface area contributed by atoms with Crippen LogP contribution in [0.4, 0.5) is 10.5 Å². The van der Waals surface area contributed by atoms with Gasteiger partial charge in [0.1, 0.15) is 0 Å². The number of carbonyl (C=O) groups excluding carboxylic acids is 1.